The van der Waals surface area contributed by atoms with Crippen molar-refractivity contribution >= 4 is 22.5 Å². The van der Waals surface area contributed by atoms with E-state index in [1.807, 2.05) is 6.92 Å². The molecule has 1 N–H and O–H groups in total. The van der Waals surface area contributed by atoms with E-state index in [1.54, 1.807) is 24.4 Å². The van der Waals surface area contributed by atoms with Crippen molar-refractivity contribution in [2.75, 3.05) is 0 Å². The molecule has 0 fully saturated rings. The molecule has 0 aliphatic carbocycles. The van der Waals surface area contributed by atoms with Crippen LogP contribution in [-0.4, -0.2) is 10.1 Å². The molecule has 1 aromatic heterocycles. The minimum atomic E-state index is 0.245. The Kier molecular flexibility index (Phi) is 1.85. The Morgan fingerprint density at radius 3 is 2.85 bits per heavy atom. The summed E-state index contributed by atoms with van der Waals surface area (Å²) in [5, 5.41) is 10.8. The van der Waals surface area contributed by atoms with E-state index in [1.165, 1.54) is 0 Å². The lowest BCUT2D eigenvalue weighted by molar-refractivity contribution is 0.476. The topological polar surface area (TPSA) is 33.1 Å². The van der Waals surface area contributed by atoms with E-state index in [2.05, 4.69) is 4.98 Å². The van der Waals surface area contributed by atoms with Gasteiger partial charge in [-0.3, -0.25) is 4.98 Å². The molecule has 2 aromatic rings. The fourth-order valence-electron chi connectivity index (χ4n) is 1.39. The Morgan fingerprint density at radius 1 is 1.31 bits per heavy atom. The third-order valence-corrected chi connectivity index (χ3v) is 2.13. The summed E-state index contributed by atoms with van der Waals surface area (Å²) in [6.07, 6.45) is 1.61. The summed E-state index contributed by atoms with van der Waals surface area (Å²) >= 11 is 5.78. The molecule has 0 aliphatic heterocycles. The second-order valence-electron chi connectivity index (χ2n) is 2.99. The van der Waals surface area contributed by atoms with Gasteiger partial charge in [-0.15, -0.1) is 0 Å². The lowest BCUT2D eigenvalue weighted by Gasteiger charge is -2.02. The number of aromatic nitrogens is 1. The maximum atomic E-state index is 9.33. The Hall–Kier alpha value is -1.28. The first-order valence-corrected chi connectivity index (χ1v) is 4.29. The number of fused-ring (bicyclic) bond motifs is 1. The first-order chi connectivity index (χ1) is 6.16. The third kappa shape index (κ3) is 1.45. The number of hydrogen-bond acceptors (Lipinski definition) is 2. The molecule has 0 aliphatic rings. The van der Waals surface area contributed by atoms with Gasteiger partial charge in [0.1, 0.15) is 5.75 Å². The van der Waals surface area contributed by atoms with Crippen molar-refractivity contribution in [3.05, 3.63) is 35.0 Å². The number of phenolic OH excluding ortho intramolecular Hbond substituents is 1. The zero-order valence-corrected chi connectivity index (χ0v) is 7.84. The van der Waals surface area contributed by atoms with Crippen LogP contribution < -0.4 is 0 Å². The number of aromatic hydroxyl groups is 1. The summed E-state index contributed by atoms with van der Waals surface area (Å²) in [6, 6.07) is 5.13. The van der Waals surface area contributed by atoms with Gasteiger partial charge in [0.05, 0.1) is 10.5 Å². The van der Waals surface area contributed by atoms with Gasteiger partial charge in [0.25, 0.3) is 0 Å². The molecule has 3 heteroatoms. The van der Waals surface area contributed by atoms with Gasteiger partial charge in [-0.2, -0.15) is 0 Å². The summed E-state index contributed by atoms with van der Waals surface area (Å²) in [5.41, 5.74) is 1.83. The standard InChI is InChI=1S/C10H8ClNO/c1-6-2-9(13)4-7-3-8(11)5-12-10(6)7/h2-5,13H,1H3. The van der Waals surface area contributed by atoms with Crippen LogP contribution in [0.1, 0.15) is 5.56 Å². The smallest absolute Gasteiger partial charge is 0.116 e. The molecule has 0 unspecified atom stereocenters. The molecule has 0 atom stereocenters. The van der Waals surface area contributed by atoms with E-state index in [9.17, 15) is 5.11 Å². The first kappa shape index (κ1) is 8.32. The van der Waals surface area contributed by atoms with Gasteiger partial charge < -0.3 is 5.11 Å². The van der Waals surface area contributed by atoms with E-state index >= 15 is 0 Å². The summed E-state index contributed by atoms with van der Waals surface area (Å²) in [4.78, 5) is 4.18. The predicted octanol–water partition coefficient (Wildman–Crippen LogP) is 2.90. The van der Waals surface area contributed by atoms with E-state index in [0.29, 0.717) is 5.02 Å². The van der Waals surface area contributed by atoms with Gasteiger partial charge in [-0.05, 0) is 30.7 Å². The predicted molar refractivity (Wildman–Crippen MR) is 53.2 cm³/mol. The molecule has 0 amide bonds. The van der Waals surface area contributed by atoms with Crippen LogP contribution in [0.15, 0.2) is 24.4 Å². The number of rotatable bonds is 0. The molecule has 66 valence electrons. The van der Waals surface area contributed by atoms with Crippen molar-refractivity contribution in [1.29, 1.82) is 0 Å². The van der Waals surface area contributed by atoms with Crippen LogP contribution in [0.4, 0.5) is 0 Å². The Morgan fingerprint density at radius 2 is 2.08 bits per heavy atom. The van der Waals surface area contributed by atoms with Crippen molar-refractivity contribution < 1.29 is 5.11 Å². The zero-order chi connectivity index (χ0) is 9.42. The highest BCUT2D eigenvalue weighted by Crippen LogP contribution is 2.24. The quantitative estimate of drug-likeness (QED) is 0.698. The number of nitrogens with zero attached hydrogens (tertiary/aromatic N) is 1. The Labute approximate surface area is 80.8 Å². The number of halogens is 1. The highest BCUT2D eigenvalue weighted by molar-refractivity contribution is 6.31. The van der Waals surface area contributed by atoms with E-state index < -0.39 is 0 Å². The normalized spacial score (nSPS) is 10.6. The van der Waals surface area contributed by atoms with Crippen LogP contribution in [0.2, 0.25) is 5.02 Å². The van der Waals surface area contributed by atoms with Crippen molar-refractivity contribution in [3.63, 3.8) is 0 Å². The van der Waals surface area contributed by atoms with Crippen LogP contribution in [0, 0.1) is 6.92 Å². The highest BCUT2D eigenvalue weighted by atomic mass is 35.5. The van der Waals surface area contributed by atoms with Crippen molar-refractivity contribution in [1.82, 2.24) is 4.98 Å². The number of phenols is 1. The molecule has 2 rings (SSSR count). The summed E-state index contributed by atoms with van der Waals surface area (Å²) in [7, 11) is 0. The van der Waals surface area contributed by atoms with Crippen molar-refractivity contribution in [3.8, 4) is 5.75 Å². The van der Waals surface area contributed by atoms with E-state index in [4.69, 9.17) is 11.6 Å². The molecule has 0 radical (unpaired) electrons. The molecule has 2 nitrogen and oxygen atoms in total. The Bertz CT molecular complexity index is 462. The highest BCUT2D eigenvalue weighted by Gasteiger charge is 2.01. The Balaban J connectivity index is 2.86. The summed E-state index contributed by atoms with van der Waals surface area (Å²) in [6.45, 7) is 1.91. The van der Waals surface area contributed by atoms with Crippen LogP contribution in [0.5, 0.6) is 5.75 Å². The fourth-order valence-corrected chi connectivity index (χ4v) is 1.55. The van der Waals surface area contributed by atoms with Gasteiger partial charge in [0.2, 0.25) is 0 Å². The maximum Gasteiger partial charge on any atom is 0.116 e. The largest absolute Gasteiger partial charge is 0.508 e. The summed E-state index contributed by atoms with van der Waals surface area (Å²) < 4.78 is 0. The van der Waals surface area contributed by atoms with Crippen LogP contribution in [-0.2, 0) is 0 Å². The van der Waals surface area contributed by atoms with Crippen LogP contribution in [0.25, 0.3) is 10.9 Å². The van der Waals surface area contributed by atoms with Crippen molar-refractivity contribution in [2.24, 2.45) is 0 Å². The number of benzene rings is 1. The number of hydrogen-bond donors (Lipinski definition) is 1. The lowest BCUT2D eigenvalue weighted by Crippen LogP contribution is -1.82. The minimum Gasteiger partial charge on any atom is -0.508 e. The molecule has 0 saturated carbocycles. The van der Waals surface area contributed by atoms with E-state index in [0.717, 1.165) is 16.5 Å². The van der Waals surface area contributed by atoms with Gasteiger partial charge in [0.15, 0.2) is 0 Å². The second-order valence-corrected chi connectivity index (χ2v) is 3.42. The first-order valence-electron chi connectivity index (χ1n) is 3.92. The lowest BCUT2D eigenvalue weighted by atomic mass is 10.1. The molecular formula is C10H8ClNO. The molecule has 0 saturated heterocycles. The minimum absolute atomic E-state index is 0.245. The second kappa shape index (κ2) is 2.89. The monoisotopic (exact) mass is 193 g/mol. The van der Waals surface area contributed by atoms with Gasteiger partial charge in [0, 0.05) is 11.6 Å². The van der Waals surface area contributed by atoms with Crippen LogP contribution >= 0.6 is 11.6 Å². The average Bonchev–Trinajstić information content (AvgIpc) is 2.02. The van der Waals surface area contributed by atoms with Crippen LogP contribution in [0.3, 0.4) is 0 Å². The summed E-state index contributed by atoms with van der Waals surface area (Å²) in [5.74, 6) is 0.245. The fraction of sp³-hybridized carbons (Fsp3) is 0.100. The molecule has 0 bridgehead atoms. The number of pyridine rings is 1. The zero-order valence-electron chi connectivity index (χ0n) is 7.08. The molecule has 1 aromatic carbocycles. The van der Waals surface area contributed by atoms with Gasteiger partial charge in [-0.25, -0.2) is 0 Å². The van der Waals surface area contributed by atoms with E-state index in [-0.39, 0.29) is 5.75 Å². The molecular weight excluding hydrogens is 186 g/mol. The average molecular weight is 194 g/mol. The van der Waals surface area contributed by atoms with Gasteiger partial charge >= 0.3 is 0 Å². The molecule has 1 heterocycles. The third-order valence-electron chi connectivity index (χ3n) is 1.93. The molecule has 13 heavy (non-hydrogen) atoms. The maximum absolute atomic E-state index is 9.33. The molecule has 0 spiro atoms. The van der Waals surface area contributed by atoms with Gasteiger partial charge in [-0.1, -0.05) is 11.6 Å². The number of aryl methyl sites for hydroxylation is 1. The van der Waals surface area contributed by atoms with Crippen molar-refractivity contribution in [2.45, 2.75) is 6.92 Å². The SMILES string of the molecule is Cc1cc(O)cc2cc(Cl)cnc12.